The average molecular weight is 199 g/mol. The number of carbonyl (C=O) groups is 1. The molecule has 1 heterocycles. The third kappa shape index (κ3) is 1.35. The third-order valence-electron chi connectivity index (χ3n) is 1.82. The van der Waals surface area contributed by atoms with Gasteiger partial charge in [-0.2, -0.15) is 0 Å². The fourth-order valence-corrected chi connectivity index (χ4v) is 1.45. The number of hydrogen-bond acceptors (Lipinski definition) is 3. The van der Waals surface area contributed by atoms with Crippen LogP contribution in [0.25, 0.3) is 0 Å². The van der Waals surface area contributed by atoms with Gasteiger partial charge in [0.1, 0.15) is 0 Å². The number of rotatable bonds is 1. The van der Waals surface area contributed by atoms with Crippen LogP contribution in [0.5, 0.6) is 11.5 Å². The van der Waals surface area contributed by atoms with Crippen molar-refractivity contribution >= 4 is 17.4 Å². The van der Waals surface area contributed by atoms with Crippen LogP contribution in [0.2, 0.25) is 5.02 Å². The number of fused-ring (bicyclic) bond motifs is 1. The van der Waals surface area contributed by atoms with E-state index in [0.29, 0.717) is 22.1 Å². The van der Waals surface area contributed by atoms with Gasteiger partial charge in [0.25, 0.3) is 0 Å². The highest BCUT2D eigenvalue weighted by atomic mass is 35.5. The van der Waals surface area contributed by atoms with Crippen molar-refractivity contribution in [3.05, 3.63) is 22.7 Å². The highest BCUT2D eigenvalue weighted by Gasteiger charge is 2.20. The molecule has 13 heavy (non-hydrogen) atoms. The molecule has 0 bridgehead atoms. The van der Waals surface area contributed by atoms with E-state index in [2.05, 4.69) is 0 Å². The number of hydrogen-bond donors (Lipinski definition) is 0. The Hall–Kier alpha value is -1.22. The summed E-state index contributed by atoms with van der Waals surface area (Å²) in [4.78, 5) is 11.2. The molecule has 1 aromatic rings. The van der Waals surface area contributed by atoms with Crippen molar-refractivity contribution in [3.63, 3.8) is 0 Å². The minimum absolute atomic E-state index is 0.0794. The minimum atomic E-state index is -0.0794. The minimum Gasteiger partial charge on any atom is -0.454 e. The zero-order valence-electron chi connectivity index (χ0n) is 6.96. The van der Waals surface area contributed by atoms with E-state index in [9.17, 15) is 4.79 Å². The van der Waals surface area contributed by atoms with Crippen LogP contribution < -0.4 is 9.47 Å². The van der Waals surface area contributed by atoms with Crippen LogP contribution in [0.1, 0.15) is 17.3 Å². The van der Waals surface area contributed by atoms with E-state index in [0.717, 1.165) is 0 Å². The van der Waals surface area contributed by atoms with Gasteiger partial charge in [-0.15, -0.1) is 0 Å². The Morgan fingerprint density at radius 1 is 1.46 bits per heavy atom. The number of benzene rings is 1. The Balaban J connectivity index is 2.62. The Bertz CT molecular complexity index is 373. The fourth-order valence-electron chi connectivity index (χ4n) is 1.24. The van der Waals surface area contributed by atoms with Crippen LogP contribution in [0.3, 0.4) is 0 Å². The van der Waals surface area contributed by atoms with Gasteiger partial charge in [0.2, 0.25) is 6.79 Å². The summed E-state index contributed by atoms with van der Waals surface area (Å²) in [7, 11) is 0. The van der Waals surface area contributed by atoms with Crippen LogP contribution in [0.4, 0.5) is 0 Å². The second-order valence-corrected chi connectivity index (χ2v) is 3.18. The van der Waals surface area contributed by atoms with Crippen molar-refractivity contribution in [1.82, 2.24) is 0 Å². The average Bonchev–Trinajstić information content (AvgIpc) is 2.49. The molecular formula is C9H7ClO3. The summed E-state index contributed by atoms with van der Waals surface area (Å²) in [5.74, 6) is 0.957. The molecular weight excluding hydrogens is 192 g/mol. The van der Waals surface area contributed by atoms with Crippen LogP contribution in [0, 0.1) is 0 Å². The normalized spacial score (nSPS) is 13.1. The van der Waals surface area contributed by atoms with E-state index in [-0.39, 0.29) is 12.6 Å². The molecule has 1 aliphatic rings. The lowest BCUT2D eigenvalue weighted by Crippen LogP contribution is -1.97. The Morgan fingerprint density at radius 3 is 2.92 bits per heavy atom. The molecule has 0 N–H and O–H groups in total. The molecule has 0 radical (unpaired) electrons. The monoisotopic (exact) mass is 198 g/mol. The molecule has 0 saturated heterocycles. The van der Waals surface area contributed by atoms with E-state index < -0.39 is 0 Å². The maximum atomic E-state index is 11.2. The first kappa shape index (κ1) is 8.38. The van der Waals surface area contributed by atoms with Gasteiger partial charge in [0.15, 0.2) is 17.3 Å². The Labute approximate surface area is 80.2 Å². The second kappa shape index (κ2) is 2.92. The van der Waals surface area contributed by atoms with E-state index in [1.165, 1.54) is 6.92 Å². The van der Waals surface area contributed by atoms with E-state index in [1.807, 2.05) is 0 Å². The van der Waals surface area contributed by atoms with Crippen LogP contribution >= 0.6 is 11.6 Å². The Kier molecular flexibility index (Phi) is 1.88. The van der Waals surface area contributed by atoms with Gasteiger partial charge < -0.3 is 9.47 Å². The fraction of sp³-hybridized carbons (Fsp3) is 0.222. The van der Waals surface area contributed by atoms with Gasteiger partial charge in [-0.05, 0) is 13.0 Å². The van der Waals surface area contributed by atoms with Crippen molar-refractivity contribution in [3.8, 4) is 11.5 Å². The van der Waals surface area contributed by atoms with E-state index >= 15 is 0 Å². The van der Waals surface area contributed by atoms with Gasteiger partial charge in [0.05, 0.1) is 5.56 Å². The lowest BCUT2D eigenvalue weighted by molar-refractivity contribution is 0.101. The first-order valence-electron chi connectivity index (χ1n) is 3.78. The molecule has 0 spiro atoms. The third-order valence-corrected chi connectivity index (χ3v) is 2.03. The van der Waals surface area contributed by atoms with Crippen molar-refractivity contribution in [2.24, 2.45) is 0 Å². The number of ether oxygens (including phenoxy) is 2. The smallest absolute Gasteiger partial charge is 0.231 e. The molecule has 3 nitrogen and oxygen atoms in total. The number of ketones is 1. The quantitative estimate of drug-likeness (QED) is 0.650. The summed E-state index contributed by atoms with van der Waals surface area (Å²) in [5, 5.41) is 0.481. The molecule has 1 aromatic carbocycles. The molecule has 0 unspecified atom stereocenters. The first-order valence-corrected chi connectivity index (χ1v) is 4.16. The van der Waals surface area contributed by atoms with Crippen LogP contribution in [-0.2, 0) is 0 Å². The topological polar surface area (TPSA) is 35.5 Å². The summed E-state index contributed by atoms with van der Waals surface area (Å²) in [5.41, 5.74) is 0.472. The molecule has 68 valence electrons. The summed E-state index contributed by atoms with van der Waals surface area (Å²) < 4.78 is 10.3. The second-order valence-electron chi connectivity index (χ2n) is 2.74. The maximum Gasteiger partial charge on any atom is 0.231 e. The molecule has 4 heteroatoms. The van der Waals surface area contributed by atoms with Gasteiger partial charge >= 0.3 is 0 Å². The van der Waals surface area contributed by atoms with Crippen molar-refractivity contribution < 1.29 is 14.3 Å². The van der Waals surface area contributed by atoms with E-state index in [4.69, 9.17) is 21.1 Å². The molecule has 0 aromatic heterocycles. The summed E-state index contributed by atoms with van der Waals surface area (Å²) in [6, 6.07) is 3.22. The summed E-state index contributed by atoms with van der Waals surface area (Å²) in [6.45, 7) is 1.61. The molecule has 1 aliphatic heterocycles. The Morgan fingerprint density at radius 2 is 2.23 bits per heavy atom. The zero-order valence-corrected chi connectivity index (χ0v) is 7.72. The maximum absolute atomic E-state index is 11.2. The number of Topliss-reactive ketones (excluding diaryl/α,β-unsaturated/α-hetero) is 1. The molecule has 2 rings (SSSR count). The number of halogens is 1. The molecule has 0 saturated carbocycles. The van der Waals surface area contributed by atoms with Crippen molar-refractivity contribution in [1.29, 1.82) is 0 Å². The standard InChI is InChI=1S/C9H7ClO3/c1-5(11)7-2-6(10)3-8-9(7)13-4-12-8/h2-3H,4H2,1H3. The molecule has 0 aliphatic carbocycles. The molecule has 0 fully saturated rings. The summed E-state index contributed by atoms with van der Waals surface area (Å²) >= 11 is 5.78. The van der Waals surface area contributed by atoms with Gasteiger partial charge in [-0.1, -0.05) is 11.6 Å². The van der Waals surface area contributed by atoms with Crippen LogP contribution in [-0.4, -0.2) is 12.6 Å². The van der Waals surface area contributed by atoms with Crippen molar-refractivity contribution in [2.75, 3.05) is 6.79 Å². The number of carbonyl (C=O) groups excluding carboxylic acids is 1. The highest BCUT2D eigenvalue weighted by molar-refractivity contribution is 6.31. The van der Waals surface area contributed by atoms with Crippen LogP contribution in [0.15, 0.2) is 12.1 Å². The van der Waals surface area contributed by atoms with Gasteiger partial charge in [0, 0.05) is 11.1 Å². The largest absolute Gasteiger partial charge is 0.454 e. The lowest BCUT2D eigenvalue weighted by atomic mass is 10.1. The molecule has 0 amide bonds. The van der Waals surface area contributed by atoms with Crippen molar-refractivity contribution in [2.45, 2.75) is 6.92 Å². The van der Waals surface area contributed by atoms with Gasteiger partial charge in [-0.3, -0.25) is 4.79 Å². The predicted molar refractivity (Wildman–Crippen MR) is 47.6 cm³/mol. The SMILES string of the molecule is CC(=O)c1cc(Cl)cc2c1OCO2. The molecule has 0 atom stereocenters. The summed E-state index contributed by atoms with van der Waals surface area (Å²) in [6.07, 6.45) is 0. The zero-order chi connectivity index (χ0) is 9.42. The predicted octanol–water partition coefficient (Wildman–Crippen LogP) is 2.27. The highest BCUT2D eigenvalue weighted by Crippen LogP contribution is 2.38. The van der Waals surface area contributed by atoms with Gasteiger partial charge in [-0.25, -0.2) is 0 Å². The lowest BCUT2D eigenvalue weighted by Gasteiger charge is -2.02. The van der Waals surface area contributed by atoms with E-state index in [1.54, 1.807) is 12.1 Å². The first-order chi connectivity index (χ1) is 6.18.